The van der Waals surface area contributed by atoms with E-state index in [9.17, 15) is 4.79 Å². The predicted octanol–water partition coefficient (Wildman–Crippen LogP) is 3.86. The number of rotatable bonds is 12. The molecule has 208 valence electrons. The number of fused-ring (bicyclic) bond motifs is 1. The van der Waals surface area contributed by atoms with Gasteiger partial charge >= 0.3 is 0 Å². The molecular weight excluding hydrogens is 519 g/mol. The van der Waals surface area contributed by atoms with E-state index in [4.69, 9.17) is 19.0 Å². The molecule has 3 atom stereocenters. The summed E-state index contributed by atoms with van der Waals surface area (Å²) < 4.78 is 22.7. The lowest BCUT2D eigenvalue weighted by Gasteiger charge is -2.37. The number of aromatic nitrogens is 4. The minimum Gasteiger partial charge on any atom is -0.350 e. The summed E-state index contributed by atoms with van der Waals surface area (Å²) in [4.78, 5) is 25.8. The summed E-state index contributed by atoms with van der Waals surface area (Å²) in [5.41, 5.74) is 1.55. The van der Waals surface area contributed by atoms with Gasteiger partial charge in [-0.3, -0.25) is 9.36 Å². The fourth-order valence-electron chi connectivity index (χ4n) is 4.33. The Morgan fingerprint density at radius 2 is 1.97 bits per heavy atom. The number of carbonyl (C=O) groups is 1. The van der Waals surface area contributed by atoms with Crippen LogP contribution in [0.3, 0.4) is 0 Å². The molecule has 1 aliphatic rings. The van der Waals surface area contributed by atoms with Crippen LogP contribution in [0.25, 0.3) is 11.2 Å². The quantitative estimate of drug-likeness (QED) is 0.251. The van der Waals surface area contributed by atoms with Gasteiger partial charge in [-0.15, -0.1) is 0 Å². The zero-order valence-electron chi connectivity index (χ0n) is 22.6. The number of amides is 1. The molecule has 0 radical (unpaired) electrons. The van der Waals surface area contributed by atoms with Gasteiger partial charge in [0.15, 0.2) is 17.0 Å². The summed E-state index contributed by atoms with van der Waals surface area (Å²) in [7, 11) is -1.36. The van der Waals surface area contributed by atoms with Crippen molar-refractivity contribution in [2.45, 2.75) is 58.5 Å². The van der Waals surface area contributed by atoms with Gasteiger partial charge in [0.1, 0.15) is 12.6 Å². The Bertz CT molecular complexity index is 1260. The van der Waals surface area contributed by atoms with Gasteiger partial charge in [-0.1, -0.05) is 18.2 Å². The molecule has 3 heterocycles. The number of ether oxygens (including phenoxy) is 1. The molecule has 1 aromatic carbocycles. The summed E-state index contributed by atoms with van der Waals surface area (Å²) in [6.07, 6.45) is 2.72. The molecular formula is C26H35N8O4P. The molecule has 3 aromatic rings. The molecule has 0 aliphatic carbocycles. The van der Waals surface area contributed by atoms with E-state index in [1.165, 1.54) is 6.33 Å². The molecule has 0 bridgehead atoms. The molecule has 1 saturated heterocycles. The van der Waals surface area contributed by atoms with E-state index in [0.717, 1.165) is 0 Å². The maximum atomic E-state index is 12.7. The summed E-state index contributed by atoms with van der Waals surface area (Å²) in [6.45, 7) is 10.2. The number of anilines is 1. The van der Waals surface area contributed by atoms with Crippen molar-refractivity contribution in [2.75, 3.05) is 31.6 Å². The third kappa shape index (κ3) is 7.33. The molecule has 0 spiro atoms. The second-order valence-electron chi connectivity index (χ2n) is 9.58. The van der Waals surface area contributed by atoms with Gasteiger partial charge in [0.25, 0.3) is 14.4 Å². The first-order chi connectivity index (χ1) is 18.9. The van der Waals surface area contributed by atoms with Crippen LogP contribution >= 0.6 is 8.53 Å². The van der Waals surface area contributed by atoms with Gasteiger partial charge in [0, 0.05) is 30.7 Å². The van der Waals surface area contributed by atoms with E-state index < -0.39 is 8.53 Å². The lowest BCUT2D eigenvalue weighted by atomic mass is 10.2. The molecule has 2 unspecified atom stereocenters. The van der Waals surface area contributed by atoms with Gasteiger partial charge in [-0.05, 0) is 39.8 Å². The molecule has 4 rings (SSSR count). The lowest BCUT2D eigenvalue weighted by molar-refractivity contribution is -0.0909. The van der Waals surface area contributed by atoms with Crippen LogP contribution in [0.15, 0.2) is 43.0 Å². The van der Waals surface area contributed by atoms with Crippen molar-refractivity contribution in [1.29, 1.82) is 5.26 Å². The first-order valence-corrected chi connectivity index (χ1v) is 14.1. The predicted molar refractivity (Wildman–Crippen MR) is 148 cm³/mol. The van der Waals surface area contributed by atoms with Gasteiger partial charge in [-0.25, -0.2) is 19.6 Å². The average molecular weight is 555 g/mol. The van der Waals surface area contributed by atoms with Crippen LogP contribution in [0.4, 0.5) is 5.82 Å². The van der Waals surface area contributed by atoms with Crippen molar-refractivity contribution in [3.05, 3.63) is 48.5 Å². The van der Waals surface area contributed by atoms with Crippen LogP contribution < -0.4 is 10.6 Å². The lowest BCUT2D eigenvalue weighted by Crippen LogP contribution is -2.44. The monoisotopic (exact) mass is 554 g/mol. The Morgan fingerprint density at radius 3 is 2.69 bits per heavy atom. The number of imidazole rings is 1. The van der Waals surface area contributed by atoms with Crippen LogP contribution in [0, 0.1) is 11.3 Å². The third-order valence-electron chi connectivity index (χ3n) is 6.01. The van der Waals surface area contributed by atoms with Gasteiger partial charge < -0.3 is 24.4 Å². The fourth-order valence-corrected chi connectivity index (χ4v) is 5.97. The van der Waals surface area contributed by atoms with Crippen molar-refractivity contribution in [1.82, 2.24) is 29.5 Å². The molecule has 1 aliphatic heterocycles. The molecule has 12 nitrogen and oxygen atoms in total. The number of nitrogens with zero attached hydrogens (tertiary/aromatic N) is 6. The maximum absolute atomic E-state index is 12.7. The minimum absolute atomic E-state index is 0.213. The maximum Gasteiger partial charge on any atom is 0.259 e. The van der Waals surface area contributed by atoms with Crippen LogP contribution in [0.5, 0.6) is 0 Å². The Balaban J connectivity index is 1.44. The first-order valence-electron chi connectivity index (χ1n) is 13.0. The van der Waals surface area contributed by atoms with Gasteiger partial charge in [-0.2, -0.15) is 5.26 Å². The number of carbonyl (C=O) groups excluding carboxylic acids is 1. The highest BCUT2D eigenvalue weighted by molar-refractivity contribution is 7.44. The molecule has 2 aromatic heterocycles. The molecule has 13 heteroatoms. The SMILES string of the molecule is CC(C)N(C(C)C)P(OCCC#N)OCC1CNC[C@H](n2cnc3c(NC(=O)c4ccccc4)ncnc32)O1. The van der Waals surface area contributed by atoms with Crippen LogP contribution in [0.2, 0.25) is 0 Å². The van der Waals surface area contributed by atoms with Crippen molar-refractivity contribution >= 4 is 31.4 Å². The zero-order chi connectivity index (χ0) is 27.8. The van der Waals surface area contributed by atoms with Crippen molar-refractivity contribution < 1.29 is 18.6 Å². The van der Waals surface area contributed by atoms with E-state index >= 15 is 0 Å². The highest BCUT2D eigenvalue weighted by atomic mass is 31.2. The Kier molecular flexibility index (Phi) is 10.3. The zero-order valence-corrected chi connectivity index (χ0v) is 23.5. The topological polar surface area (TPSA) is 139 Å². The Morgan fingerprint density at radius 1 is 1.21 bits per heavy atom. The van der Waals surface area contributed by atoms with Crippen molar-refractivity contribution in [3.63, 3.8) is 0 Å². The van der Waals surface area contributed by atoms with Crippen molar-refractivity contribution in [2.24, 2.45) is 0 Å². The van der Waals surface area contributed by atoms with E-state index in [0.29, 0.717) is 55.3 Å². The number of nitriles is 1. The number of hydrogen-bond acceptors (Lipinski definition) is 10. The third-order valence-corrected chi connectivity index (χ3v) is 8.08. The number of morpholine rings is 1. The number of nitrogens with one attached hydrogen (secondary N) is 2. The summed E-state index contributed by atoms with van der Waals surface area (Å²) >= 11 is 0. The Hall–Kier alpha value is -3.04. The Labute approximate surface area is 229 Å². The first kappa shape index (κ1) is 29.0. The van der Waals surface area contributed by atoms with Gasteiger partial charge in [0.2, 0.25) is 0 Å². The highest BCUT2D eigenvalue weighted by Crippen LogP contribution is 2.46. The van der Waals surface area contributed by atoms with E-state index in [1.54, 1.807) is 30.6 Å². The van der Waals surface area contributed by atoms with Crippen LogP contribution in [0.1, 0.15) is 50.7 Å². The molecule has 1 fully saturated rings. The van der Waals surface area contributed by atoms with Crippen LogP contribution in [-0.2, 0) is 13.8 Å². The standard InChI is InChI=1S/C26H35N8O4P/c1-18(2)34(19(3)4)39(36-12-8-11-27)37-15-21-13-28-14-22(38-21)33-17-31-23-24(29-16-30-25(23)33)32-26(35)20-9-6-5-7-10-20/h5-7,9-10,16-19,21-22,28H,8,12-15H2,1-4H3,(H,29,30,32,35)/t21?,22-,39?/m1/s1. The van der Waals surface area contributed by atoms with Gasteiger partial charge in [0.05, 0.1) is 38.1 Å². The molecule has 1 amide bonds. The average Bonchev–Trinajstić information content (AvgIpc) is 3.37. The van der Waals surface area contributed by atoms with Crippen LogP contribution in [-0.4, -0.2) is 74.6 Å². The summed E-state index contributed by atoms with van der Waals surface area (Å²) in [5.74, 6) is 0.0575. The van der Waals surface area contributed by atoms with E-state index in [2.05, 4.69) is 64.0 Å². The minimum atomic E-state index is -1.36. The normalized spacial score (nSPS) is 18.5. The molecule has 0 saturated carbocycles. The number of benzene rings is 1. The number of hydrogen-bond donors (Lipinski definition) is 2. The molecule has 2 N–H and O–H groups in total. The van der Waals surface area contributed by atoms with E-state index in [-0.39, 0.29) is 30.3 Å². The largest absolute Gasteiger partial charge is 0.350 e. The van der Waals surface area contributed by atoms with E-state index in [1.807, 2.05) is 10.6 Å². The second-order valence-corrected chi connectivity index (χ2v) is 11.0. The smallest absolute Gasteiger partial charge is 0.259 e. The second kappa shape index (κ2) is 13.8. The van der Waals surface area contributed by atoms with Crippen molar-refractivity contribution in [3.8, 4) is 6.07 Å². The fraction of sp³-hybridized carbons (Fsp3) is 0.500. The highest BCUT2D eigenvalue weighted by Gasteiger charge is 2.31. The molecule has 39 heavy (non-hydrogen) atoms. The summed E-state index contributed by atoms with van der Waals surface area (Å²) in [5, 5.41) is 15.2. The summed E-state index contributed by atoms with van der Waals surface area (Å²) in [6, 6.07) is 11.5.